The first-order valence-electron chi connectivity index (χ1n) is 8.45. The van der Waals surface area contributed by atoms with Crippen LogP contribution >= 0.6 is 0 Å². The van der Waals surface area contributed by atoms with Gasteiger partial charge in [0.25, 0.3) is 0 Å². The van der Waals surface area contributed by atoms with Crippen LogP contribution in [0.1, 0.15) is 58.8 Å². The summed E-state index contributed by atoms with van der Waals surface area (Å²) in [6, 6.07) is 9.53. The summed E-state index contributed by atoms with van der Waals surface area (Å²) in [5.41, 5.74) is 2.40. The molecular weight excluding hydrogens is 258 g/mol. The molecule has 116 valence electrons. The van der Waals surface area contributed by atoms with E-state index in [0.29, 0.717) is 12.1 Å². The maximum absolute atomic E-state index is 4.84. The molecule has 1 N–H and O–H groups in total. The minimum absolute atomic E-state index is 0.479. The Bertz CT molecular complexity index is 553. The van der Waals surface area contributed by atoms with E-state index < -0.39 is 0 Å². The van der Waals surface area contributed by atoms with E-state index in [9.17, 15) is 0 Å². The monoisotopic (exact) mass is 287 g/mol. The Kier molecular flexibility index (Phi) is 5.80. The minimum Gasteiger partial charge on any atom is -0.323 e. The van der Waals surface area contributed by atoms with Crippen molar-refractivity contribution < 1.29 is 0 Å². The molecule has 0 aliphatic carbocycles. The molecule has 2 atom stereocenters. The number of fused-ring (bicyclic) bond motifs is 1. The van der Waals surface area contributed by atoms with Crippen molar-refractivity contribution in [1.82, 2.24) is 14.9 Å². The number of benzene rings is 1. The second-order valence-electron chi connectivity index (χ2n) is 5.67. The molecule has 21 heavy (non-hydrogen) atoms. The van der Waals surface area contributed by atoms with Crippen molar-refractivity contribution in [2.45, 2.75) is 65.5 Å². The van der Waals surface area contributed by atoms with Gasteiger partial charge in [-0.15, -0.1) is 0 Å². The summed E-state index contributed by atoms with van der Waals surface area (Å²) in [7, 11) is 0. The summed E-state index contributed by atoms with van der Waals surface area (Å²) in [6.45, 7) is 9.98. The molecule has 3 nitrogen and oxygen atoms in total. The van der Waals surface area contributed by atoms with E-state index in [1.807, 2.05) is 0 Å². The number of hydrogen-bond donors (Lipinski definition) is 1. The van der Waals surface area contributed by atoms with Crippen molar-refractivity contribution in [2.75, 3.05) is 6.54 Å². The van der Waals surface area contributed by atoms with E-state index in [2.05, 4.69) is 61.8 Å². The lowest BCUT2D eigenvalue weighted by Crippen LogP contribution is -2.37. The van der Waals surface area contributed by atoms with Gasteiger partial charge in [-0.3, -0.25) is 0 Å². The quantitative estimate of drug-likeness (QED) is 0.783. The zero-order valence-electron chi connectivity index (χ0n) is 13.9. The Hall–Kier alpha value is -1.35. The van der Waals surface area contributed by atoms with Gasteiger partial charge >= 0.3 is 0 Å². The first-order valence-corrected chi connectivity index (χ1v) is 8.45. The summed E-state index contributed by atoms with van der Waals surface area (Å²) in [4.78, 5) is 4.84. The van der Waals surface area contributed by atoms with E-state index in [1.54, 1.807) is 0 Å². The van der Waals surface area contributed by atoms with Crippen molar-refractivity contribution in [3.63, 3.8) is 0 Å². The molecule has 0 saturated heterocycles. The van der Waals surface area contributed by atoms with Gasteiger partial charge in [0.1, 0.15) is 5.82 Å². The van der Waals surface area contributed by atoms with Crippen LogP contribution in [0.25, 0.3) is 11.0 Å². The Balaban J connectivity index is 2.49. The molecule has 0 spiro atoms. The number of rotatable bonds is 8. The lowest BCUT2D eigenvalue weighted by atomic mass is 10.00. The van der Waals surface area contributed by atoms with Crippen LogP contribution in [0.3, 0.4) is 0 Å². The molecule has 2 aromatic rings. The van der Waals surface area contributed by atoms with E-state index in [-0.39, 0.29) is 0 Å². The Morgan fingerprint density at radius 3 is 2.52 bits per heavy atom. The van der Waals surface area contributed by atoms with E-state index in [0.717, 1.165) is 24.9 Å². The Labute approximate surface area is 128 Å². The van der Waals surface area contributed by atoms with Gasteiger partial charge in [0, 0.05) is 12.5 Å². The normalized spacial score (nSPS) is 14.5. The lowest BCUT2D eigenvalue weighted by Gasteiger charge is -2.30. The summed E-state index contributed by atoms with van der Waals surface area (Å²) >= 11 is 0. The van der Waals surface area contributed by atoms with Crippen molar-refractivity contribution in [3.8, 4) is 0 Å². The minimum atomic E-state index is 0.479. The average Bonchev–Trinajstić information content (AvgIpc) is 2.87. The standard InChI is InChI=1S/C18H29N3/c1-5-11-14(19-8-4)16(6-2)21-17-13-10-9-12-15(17)20-18(21)7-3/h9-10,12-14,16,19H,5-8,11H2,1-4H3. The number of aromatic nitrogens is 2. The van der Waals surface area contributed by atoms with Gasteiger partial charge in [0.2, 0.25) is 0 Å². The smallest absolute Gasteiger partial charge is 0.109 e. The number of hydrogen-bond acceptors (Lipinski definition) is 2. The summed E-state index contributed by atoms with van der Waals surface area (Å²) in [5, 5.41) is 3.69. The topological polar surface area (TPSA) is 29.9 Å². The van der Waals surface area contributed by atoms with Crippen molar-refractivity contribution in [2.24, 2.45) is 0 Å². The number of para-hydroxylation sites is 2. The van der Waals surface area contributed by atoms with Gasteiger partial charge in [-0.2, -0.15) is 0 Å². The third-order valence-electron chi connectivity index (χ3n) is 4.27. The SMILES string of the molecule is CCCC(NCC)C(CC)n1c(CC)nc2ccccc21. The fourth-order valence-corrected chi connectivity index (χ4v) is 3.36. The zero-order valence-corrected chi connectivity index (χ0v) is 13.9. The third-order valence-corrected chi connectivity index (χ3v) is 4.27. The van der Waals surface area contributed by atoms with Crippen LogP contribution in [-0.4, -0.2) is 22.1 Å². The number of nitrogens with one attached hydrogen (secondary N) is 1. The Morgan fingerprint density at radius 1 is 1.14 bits per heavy atom. The molecule has 0 radical (unpaired) electrons. The lowest BCUT2D eigenvalue weighted by molar-refractivity contribution is 0.325. The predicted molar refractivity (Wildman–Crippen MR) is 90.8 cm³/mol. The average molecular weight is 287 g/mol. The summed E-state index contributed by atoms with van der Waals surface area (Å²) in [6.07, 6.45) is 4.53. The second-order valence-corrected chi connectivity index (χ2v) is 5.67. The van der Waals surface area contributed by atoms with Crippen molar-refractivity contribution in [1.29, 1.82) is 0 Å². The van der Waals surface area contributed by atoms with Crippen molar-refractivity contribution >= 4 is 11.0 Å². The summed E-state index contributed by atoms with van der Waals surface area (Å²) < 4.78 is 2.48. The van der Waals surface area contributed by atoms with Gasteiger partial charge in [0.05, 0.1) is 17.1 Å². The molecule has 0 aliphatic rings. The van der Waals surface area contributed by atoms with Crippen LogP contribution in [-0.2, 0) is 6.42 Å². The van der Waals surface area contributed by atoms with Crippen LogP contribution in [0.2, 0.25) is 0 Å². The van der Waals surface area contributed by atoms with Gasteiger partial charge in [-0.1, -0.05) is 46.2 Å². The molecule has 1 aromatic carbocycles. The molecule has 2 rings (SSSR count). The van der Waals surface area contributed by atoms with Crippen LogP contribution in [0, 0.1) is 0 Å². The molecule has 0 aliphatic heterocycles. The molecule has 0 fully saturated rings. The molecule has 0 amide bonds. The number of imidazole rings is 1. The molecule has 1 aromatic heterocycles. The first kappa shape index (κ1) is 16.0. The maximum Gasteiger partial charge on any atom is 0.109 e. The van der Waals surface area contributed by atoms with Crippen LogP contribution in [0.5, 0.6) is 0 Å². The molecule has 0 bridgehead atoms. The van der Waals surface area contributed by atoms with Crippen LogP contribution in [0.4, 0.5) is 0 Å². The van der Waals surface area contributed by atoms with Gasteiger partial charge < -0.3 is 9.88 Å². The summed E-state index contributed by atoms with van der Waals surface area (Å²) in [5.74, 6) is 1.21. The number of aryl methyl sites for hydroxylation is 1. The molecular formula is C18H29N3. The zero-order chi connectivity index (χ0) is 15.2. The molecule has 3 heteroatoms. The second kappa shape index (κ2) is 7.60. The molecule has 0 saturated carbocycles. The fourth-order valence-electron chi connectivity index (χ4n) is 3.36. The molecule has 2 unspecified atom stereocenters. The van der Waals surface area contributed by atoms with E-state index in [1.165, 1.54) is 24.2 Å². The van der Waals surface area contributed by atoms with Crippen LogP contribution < -0.4 is 5.32 Å². The van der Waals surface area contributed by atoms with E-state index >= 15 is 0 Å². The van der Waals surface area contributed by atoms with Crippen molar-refractivity contribution in [3.05, 3.63) is 30.1 Å². The number of nitrogens with zero attached hydrogens (tertiary/aromatic N) is 2. The highest BCUT2D eigenvalue weighted by Crippen LogP contribution is 2.27. The largest absolute Gasteiger partial charge is 0.323 e. The van der Waals surface area contributed by atoms with Gasteiger partial charge in [-0.05, 0) is 31.5 Å². The highest BCUT2D eigenvalue weighted by molar-refractivity contribution is 5.76. The van der Waals surface area contributed by atoms with E-state index in [4.69, 9.17) is 4.98 Å². The Morgan fingerprint density at radius 2 is 1.90 bits per heavy atom. The maximum atomic E-state index is 4.84. The third kappa shape index (κ3) is 3.29. The number of likely N-dealkylation sites (N-methyl/N-ethyl adjacent to an activating group) is 1. The highest BCUT2D eigenvalue weighted by atomic mass is 15.1. The van der Waals surface area contributed by atoms with Gasteiger partial charge in [-0.25, -0.2) is 4.98 Å². The predicted octanol–water partition coefficient (Wildman–Crippen LogP) is 4.33. The fraction of sp³-hybridized carbons (Fsp3) is 0.611. The molecule has 1 heterocycles. The first-order chi connectivity index (χ1) is 10.3. The van der Waals surface area contributed by atoms with Crippen LogP contribution in [0.15, 0.2) is 24.3 Å². The van der Waals surface area contributed by atoms with Gasteiger partial charge in [0.15, 0.2) is 0 Å². The highest BCUT2D eigenvalue weighted by Gasteiger charge is 2.24.